The zero-order chi connectivity index (χ0) is 13.9. The summed E-state index contributed by atoms with van der Waals surface area (Å²) in [6, 6.07) is 0. The van der Waals surface area contributed by atoms with Crippen LogP contribution < -0.4 is 16.8 Å². The highest BCUT2D eigenvalue weighted by Gasteiger charge is 2.47. The van der Waals surface area contributed by atoms with Crippen molar-refractivity contribution < 1.29 is 9.59 Å². The summed E-state index contributed by atoms with van der Waals surface area (Å²) in [5.41, 5.74) is 9.63. The van der Waals surface area contributed by atoms with Gasteiger partial charge in [0.1, 0.15) is 11.3 Å². The van der Waals surface area contributed by atoms with Crippen LogP contribution >= 0.6 is 0 Å². The van der Waals surface area contributed by atoms with Gasteiger partial charge in [-0.3, -0.25) is 19.9 Å². The van der Waals surface area contributed by atoms with E-state index >= 15 is 0 Å². The SMILES string of the molecule is NC(=O)C1=NCNC1(CCN1CCCCC1)C(N)=O. The molecule has 0 bridgehead atoms. The Morgan fingerprint density at radius 3 is 2.53 bits per heavy atom. The maximum Gasteiger partial charge on any atom is 0.265 e. The molecule has 1 atom stereocenters. The van der Waals surface area contributed by atoms with E-state index in [9.17, 15) is 9.59 Å². The fourth-order valence-corrected chi connectivity index (χ4v) is 2.80. The topological polar surface area (TPSA) is 114 Å². The molecule has 1 unspecified atom stereocenters. The Morgan fingerprint density at radius 2 is 1.95 bits per heavy atom. The van der Waals surface area contributed by atoms with Crippen molar-refractivity contribution in [3.8, 4) is 0 Å². The third-order valence-electron chi connectivity index (χ3n) is 3.93. The lowest BCUT2D eigenvalue weighted by atomic mass is 9.88. The number of likely N-dealkylation sites (tertiary alicyclic amines) is 1. The van der Waals surface area contributed by atoms with Gasteiger partial charge in [-0.1, -0.05) is 6.42 Å². The molecule has 2 heterocycles. The van der Waals surface area contributed by atoms with Gasteiger partial charge in [-0.2, -0.15) is 0 Å². The fraction of sp³-hybridized carbons (Fsp3) is 0.750. The Bertz CT molecular complexity index is 403. The Kier molecular flexibility index (Phi) is 4.16. The van der Waals surface area contributed by atoms with Crippen molar-refractivity contribution in [2.24, 2.45) is 16.5 Å². The van der Waals surface area contributed by atoms with Gasteiger partial charge < -0.3 is 16.4 Å². The van der Waals surface area contributed by atoms with Crippen LogP contribution in [0.2, 0.25) is 0 Å². The highest BCUT2D eigenvalue weighted by Crippen LogP contribution is 2.20. The standard InChI is InChI=1S/C12H21N5O2/c13-10(18)9-12(11(14)19,16-8-15-9)4-7-17-5-2-1-3-6-17/h16H,1-8H2,(H2,13,18)(H2,14,19). The quantitative estimate of drug-likeness (QED) is 0.567. The van der Waals surface area contributed by atoms with Crippen molar-refractivity contribution >= 4 is 17.5 Å². The number of carbonyl (C=O) groups excluding carboxylic acids is 2. The third-order valence-corrected chi connectivity index (χ3v) is 3.93. The highest BCUT2D eigenvalue weighted by molar-refractivity contribution is 6.46. The first-order valence-electron chi connectivity index (χ1n) is 6.68. The van der Waals surface area contributed by atoms with Crippen molar-refractivity contribution in [3.63, 3.8) is 0 Å². The molecule has 2 aliphatic heterocycles. The van der Waals surface area contributed by atoms with Gasteiger partial charge in [0.25, 0.3) is 5.91 Å². The van der Waals surface area contributed by atoms with E-state index in [1.807, 2.05) is 0 Å². The molecule has 106 valence electrons. The summed E-state index contributed by atoms with van der Waals surface area (Å²) in [4.78, 5) is 29.4. The lowest BCUT2D eigenvalue weighted by molar-refractivity contribution is -0.123. The van der Waals surface area contributed by atoms with Crippen LogP contribution in [0.25, 0.3) is 0 Å². The van der Waals surface area contributed by atoms with E-state index in [-0.39, 0.29) is 12.4 Å². The van der Waals surface area contributed by atoms with Crippen LogP contribution in [-0.4, -0.2) is 54.3 Å². The summed E-state index contributed by atoms with van der Waals surface area (Å²) in [7, 11) is 0. The minimum Gasteiger partial charge on any atom is -0.368 e. The van der Waals surface area contributed by atoms with Crippen molar-refractivity contribution in [3.05, 3.63) is 0 Å². The molecule has 0 aromatic rings. The third kappa shape index (κ3) is 2.76. The van der Waals surface area contributed by atoms with Crippen LogP contribution in [0.5, 0.6) is 0 Å². The molecule has 7 heteroatoms. The Hall–Kier alpha value is -1.47. The molecular formula is C12H21N5O2. The average molecular weight is 267 g/mol. The summed E-state index contributed by atoms with van der Waals surface area (Å²) in [5.74, 6) is -1.26. The van der Waals surface area contributed by atoms with Crippen molar-refractivity contribution in [2.75, 3.05) is 26.3 Å². The van der Waals surface area contributed by atoms with Gasteiger partial charge in [-0.15, -0.1) is 0 Å². The molecule has 0 radical (unpaired) electrons. The summed E-state index contributed by atoms with van der Waals surface area (Å²) < 4.78 is 0. The number of piperidine rings is 1. The second-order valence-electron chi connectivity index (χ2n) is 5.13. The molecule has 2 aliphatic rings. The lowest BCUT2D eigenvalue weighted by Crippen LogP contribution is -2.61. The number of rotatable bonds is 5. The van der Waals surface area contributed by atoms with Crippen LogP contribution in [0, 0.1) is 0 Å². The number of amides is 2. The van der Waals surface area contributed by atoms with Gasteiger partial charge in [0.05, 0.1) is 6.67 Å². The molecule has 5 N–H and O–H groups in total. The summed E-state index contributed by atoms with van der Waals surface area (Å²) >= 11 is 0. The van der Waals surface area contributed by atoms with Crippen molar-refractivity contribution in [1.82, 2.24) is 10.2 Å². The van der Waals surface area contributed by atoms with E-state index in [1.165, 1.54) is 19.3 Å². The molecule has 0 saturated carbocycles. The number of nitrogens with one attached hydrogen (secondary N) is 1. The molecule has 0 spiro atoms. The number of nitrogens with two attached hydrogens (primary N) is 2. The van der Waals surface area contributed by atoms with E-state index in [2.05, 4.69) is 15.2 Å². The number of hydrogen-bond donors (Lipinski definition) is 3. The van der Waals surface area contributed by atoms with E-state index in [4.69, 9.17) is 11.5 Å². The van der Waals surface area contributed by atoms with Gasteiger partial charge in [-0.05, 0) is 32.4 Å². The van der Waals surface area contributed by atoms with Gasteiger partial charge in [0.15, 0.2) is 0 Å². The van der Waals surface area contributed by atoms with Gasteiger partial charge in [0, 0.05) is 6.54 Å². The zero-order valence-electron chi connectivity index (χ0n) is 11.0. The Labute approximate surface area is 112 Å². The van der Waals surface area contributed by atoms with Gasteiger partial charge in [0.2, 0.25) is 5.91 Å². The molecule has 2 rings (SSSR count). The molecule has 2 amide bonds. The second kappa shape index (κ2) is 5.66. The van der Waals surface area contributed by atoms with E-state index in [1.54, 1.807) is 0 Å². The van der Waals surface area contributed by atoms with Crippen LogP contribution in [0.1, 0.15) is 25.7 Å². The summed E-state index contributed by atoms with van der Waals surface area (Å²) in [6.07, 6.45) is 4.04. The van der Waals surface area contributed by atoms with Crippen molar-refractivity contribution in [2.45, 2.75) is 31.2 Å². The van der Waals surface area contributed by atoms with Gasteiger partial charge >= 0.3 is 0 Å². The first kappa shape index (κ1) is 14.0. The van der Waals surface area contributed by atoms with Crippen LogP contribution in [0.4, 0.5) is 0 Å². The Balaban J connectivity index is 2.06. The first-order valence-corrected chi connectivity index (χ1v) is 6.68. The zero-order valence-corrected chi connectivity index (χ0v) is 11.0. The van der Waals surface area contributed by atoms with Crippen LogP contribution in [0.3, 0.4) is 0 Å². The maximum atomic E-state index is 11.8. The number of hydrogen-bond acceptors (Lipinski definition) is 5. The number of carbonyl (C=O) groups is 2. The number of nitrogens with zero attached hydrogens (tertiary/aromatic N) is 2. The van der Waals surface area contributed by atoms with Crippen molar-refractivity contribution in [1.29, 1.82) is 0 Å². The van der Waals surface area contributed by atoms with Crippen LogP contribution in [0.15, 0.2) is 4.99 Å². The molecule has 0 aromatic carbocycles. The van der Waals surface area contributed by atoms with E-state index < -0.39 is 17.4 Å². The highest BCUT2D eigenvalue weighted by atomic mass is 16.2. The average Bonchev–Trinajstić information content (AvgIpc) is 2.83. The predicted octanol–water partition coefficient (Wildman–Crippen LogP) is -1.43. The molecular weight excluding hydrogens is 246 g/mol. The van der Waals surface area contributed by atoms with E-state index in [0.717, 1.165) is 13.1 Å². The maximum absolute atomic E-state index is 11.8. The minimum atomic E-state index is -1.19. The normalized spacial score (nSPS) is 28.1. The summed E-state index contributed by atoms with van der Waals surface area (Å²) in [6.45, 7) is 2.97. The summed E-state index contributed by atoms with van der Waals surface area (Å²) in [5, 5.41) is 2.93. The smallest absolute Gasteiger partial charge is 0.265 e. The van der Waals surface area contributed by atoms with Crippen LogP contribution in [-0.2, 0) is 9.59 Å². The van der Waals surface area contributed by atoms with Gasteiger partial charge in [-0.25, -0.2) is 0 Å². The number of primary amides is 2. The lowest BCUT2D eigenvalue weighted by Gasteiger charge is -2.32. The monoisotopic (exact) mass is 267 g/mol. The number of aliphatic imine (C=N–C) groups is 1. The molecule has 0 aliphatic carbocycles. The Morgan fingerprint density at radius 1 is 1.26 bits per heavy atom. The molecule has 7 nitrogen and oxygen atoms in total. The minimum absolute atomic E-state index is 0.0667. The molecule has 19 heavy (non-hydrogen) atoms. The molecule has 1 fully saturated rings. The molecule has 1 saturated heterocycles. The van der Waals surface area contributed by atoms with E-state index in [0.29, 0.717) is 13.0 Å². The predicted molar refractivity (Wildman–Crippen MR) is 71.5 cm³/mol. The first-order chi connectivity index (χ1) is 9.06. The molecule has 0 aromatic heterocycles. The second-order valence-corrected chi connectivity index (χ2v) is 5.13. The largest absolute Gasteiger partial charge is 0.368 e. The fourth-order valence-electron chi connectivity index (χ4n) is 2.80.